The van der Waals surface area contributed by atoms with Crippen LogP contribution < -0.4 is 11.1 Å². The molecule has 0 atom stereocenters. The first-order valence-electron chi connectivity index (χ1n) is 7.55. The van der Waals surface area contributed by atoms with Crippen LogP contribution in [0.25, 0.3) is 0 Å². The Morgan fingerprint density at radius 1 is 1.26 bits per heavy atom. The van der Waals surface area contributed by atoms with E-state index in [1.165, 1.54) is 22.6 Å². The summed E-state index contributed by atoms with van der Waals surface area (Å²) in [5.74, 6) is 0.844. The lowest BCUT2D eigenvalue weighted by Crippen LogP contribution is -2.46. The smallest absolute Gasteiger partial charge is 0.188 e. The molecular weight excluding hydrogens is 424 g/mol. The van der Waals surface area contributed by atoms with Gasteiger partial charge >= 0.3 is 0 Å². The van der Waals surface area contributed by atoms with Crippen molar-refractivity contribution >= 4 is 41.3 Å². The van der Waals surface area contributed by atoms with Crippen molar-refractivity contribution in [3.8, 4) is 0 Å². The van der Waals surface area contributed by atoms with E-state index in [1.54, 1.807) is 11.3 Å². The zero-order chi connectivity index (χ0) is 15.4. The quantitative estimate of drug-likeness (QED) is 0.417. The molecule has 1 heterocycles. The molecule has 3 nitrogen and oxygen atoms in total. The molecule has 1 saturated carbocycles. The minimum Gasteiger partial charge on any atom is -0.370 e. The molecule has 6 heteroatoms. The van der Waals surface area contributed by atoms with E-state index >= 15 is 0 Å². The van der Waals surface area contributed by atoms with Crippen molar-refractivity contribution < 1.29 is 4.39 Å². The summed E-state index contributed by atoms with van der Waals surface area (Å²) in [5, 5.41) is 5.34. The van der Waals surface area contributed by atoms with Crippen molar-refractivity contribution in [1.82, 2.24) is 5.32 Å². The van der Waals surface area contributed by atoms with Crippen LogP contribution in [0.15, 0.2) is 46.8 Å². The van der Waals surface area contributed by atoms with Gasteiger partial charge in [0.2, 0.25) is 0 Å². The number of aliphatic imine (C=N–C) groups is 1. The molecule has 124 valence electrons. The maximum Gasteiger partial charge on any atom is 0.188 e. The Labute approximate surface area is 157 Å². The molecule has 1 fully saturated rings. The van der Waals surface area contributed by atoms with Crippen LogP contribution in [0.4, 0.5) is 4.39 Å². The van der Waals surface area contributed by atoms with Gasteiger partial charge in [0.05, 0.1) is 0 Å². The third kappa shape index (κ3) is 5.17. The highest BCUT2D eigenvalue weighted by Crippen LogP contribution is 2.36. The minimum atomic E-state index is -0.181. The zero-order valence-electron chi connectivity index (χ0n) is 12.7. The van der Waals surface area contributed by atoms with Crippen LogP contribution in [-0.4, -0.2) is 18.5 Å². The fourth-order valence-electron chi connectivity index (χ4n) is 2.74. The molecule has 0 radical (unpaired) electrons. The maximum atomic E-state index is 12.9. The Morgan fingerprint density at radius 2 is 2.00 bits per heavy atom. The van der Waals surface area contributed by atoms with Crippen LogP contribution in [0.5, 0.6) is 0 Å². The highest BCUT2D eigenvalue weighted by Gasteiger charge is 2.30. The molecule has 0 unspecified atom stereocenters. The Hall–Kier alpha value is -1.15. The van der Waals surface area contributed by atoms with E-state index in [-0.39, 0.29) is 29.8 Å². The first kappa shape index (κ1) is 18.2. The van der Waals surface area contributed by atoms with Gasteiger partial charge < -0.3 is 11.1 Å². The molecule has 0 aliphatic heterocycles. The van der Waals surface area contributed by atoms with Gasteiger partial charge in [0, 0.05) is 23.9 Å². The third-order valence-electron chi connectivity index (χ3n) is 4.05. The van der Waals surface area contributed by atoms with Crippen molar-refractivity contribution in [3.05, 3.63) is 58.0 Å². The van der Waals surface area contributed by atoms with E-state index < -0.39 is 0 Å². The van der Waals surface area contributed by atoms with E-state index in [2.05, 4.69) is 27.8 Å². The Balaban J connectivity index is 0.00000192. The lowest BCUT2D eigenvalue weighted by molar-refractivity contribution is 0.323. The fourth-order valence-corrected chi connectivity index (χ4v) is 3.44. The summed E-state index contributed by atoms with van der Waals surface area (Å²) >= 11 is 1.75. The van der Waals surface area contributed by atoms with Gasteiger partial charge in [0.25, 0.3) is 0 Å². The van der Waals surface area contributed by atoms with Crippen molar-refractivity contribution in [2.24, 2.45) is 10.7 Å². The number of nitrogens with two attached hydrogens (primary N) is 1. The standard InChI is InChI=1S/C17H20FN3S.HI/c18-14-5-3-12(4-6-14)13-10-15(11-13)21-17(19)20-8-7-16-2-1-9-22-16;/h1-6,9,13,15H,7-8,10-11H2,(H3,19,20,21);1H. The maximum absolute atomic E-state index is 12.9. The molecule has 0 saturated heterocycles. The summed E-state index contributed by atoms with van der Waals surface area (Å²) in [5.41, 5.74) is 7.12. The topological polar surface area (TPSA) is 50.4 Å². The van der Waals surface area contributed by atoms with Crippen molar-refractivity contribution in [2.75, 3.05) is 6.54 Å². The van der Waals surface area contributed by atoms with Gasteiger partial charge in [-0.1, -0.05) is 18.2 Å². The van der Waals surface area contributed by atoms with Gasteiger partial charge in [-0.05, 0) is 47.9 Å². The monoisotopic (exact) mass is 445 g/mol. The summed E-state index contributed by atoms with van der Waals surface area (Å²) in [6.45, 7) is 0.716. The molecule has 0 bridgehead atoms. The lowest BCUT2D eigenvalue weighted by Gasteiger charge is -2.36. The SMILES string of the molecule is I.NC(=NCCc1cccs1)NC1CC(c2ccc(F)cc2)C1. The van der Waals surface area contributed by atoms with Crippen LogP contribution >= 0.6 is 35.3 Å². The minimum absolute atomic E-state index is 0. The van der Waals surface area contributed by atoms with Gasteiger partial charge in [-0.15, -0.1) is 35.3 Å². The van der Waals surface area contributed by atoms with Crippen molar-refractivity contribution in [2.45, 2.75) is 31.2 Å². The number of nitrogens with zero attached hydrogens (tertiary/aromatic N) is 1. The molecular formula is C17H21FIN3S. The number of nitrogens with one attached hydrogen (secondary N) is 1. The first-order valence-corrected chi connectivity index (χ1v) is 8.43. The van der Waals surface area contributed by atoms with Crippen LogP contribution in [0.2, 0.25) is 0 Å². The first-order chi connectivity index (χ1) is 10.7. The van der Waals surface area contributed by atoms with E-state index in [1.807, 2.05) is 12.1 Å². The van der Waals surface area contributed by atoms with E-state index in [0.717, 1.165) is 19.3 Å². The molecule has 3 N–H and O–H groups in total. The summed E-state index contributed by atoms with van der Waals surface area (Å²) in [7, 11) is 0. The number of thiophene rings is 1. The van der Waals surface area contributed by atoms with Gasteiger partial charge in [-0.2, -0.15) is 0 Å². The van der Waals surface area contributed by atoms with Crippen LogP contribution in [0.3, 0.4) is 0 Å². The van der Waals surface area contributed by atoms with Crippen LogP contribution in [-0.2, 0) is 6.42 Å². The Bertz CT molecular complexity index is 622. The Kier molecular flexibility index (Phi) is 6.83. The molecule has 1 aromatic carbocycles. The summed E-state index contributed by atoms with van der Waals surface area (Å²) in [6, 6.07) is 11.3. The second kappa shape index (κ2) is 8.63. The van der Waals surface area contributed by atoms with E-state index in [4.69, 9.17) is 5.73 Å². The van der Waals surface area contributed by atoms with Crippen molar-refractivity contribution in [3.63, 3.8) is 0 Å². The molecule has 3 rings (SSSR count). The average Bonchev–Trinajstić information content (AvgIpc) is 2.97. The molecule has 1 aliphatic carbocycles. The molecule has 23 heavy (non-hydrogen) atoms. The van der Waals surface area contributed by atoms with Gasteiger partial charge in [-0.25, -0.2) is 4.39 Å². The van der Waals surface area contributed by atoms with Crippen molar-refractivity contribution in [1.29, 1.82) is 0 Å². The van der Waals surface area contributed by atoms with Crippen LogP contribution in [0, 0.1) is 5.82 Å². The average molecular weight is 445 g/mol. The van der Waals surface area contributed by atoms with Crippen LogP contribution in [0.1, 0.15) is 29.2 Å². The number of hydrogen-bond acceptors (Lipinski definition) is 2. The second-order valence-electron chi connectivity index (χ2n) is 5.66. The normalized spacial score (nSPS) is 20.5. The number of guanidine groups is 1. The van der Waals surface area contributed by atoms with Gasteiger partial charge in [0.15, 0.2) is 5.96 Å². The molecule has 2 aromatic rings. The molecule has 1 aliphatic rings. The third-order valence-corrected chi connectivity index (χ3v) is 4.99. The number of halogens is 2. The largest absolute Gasteiger partial charge is 0.370 e. The molecule has 0 spiro atoms. The summed E-state index contributed by atoms with van der Waals surface area (Å²) in [4.78, 5) is 5.70. The number of benzene rings is 1. The number of hydrogen-bond donors (Lipinski definition) is 2. The van der Waals surface area contributed by atoms with Gasteiger partial charge in [0.1, 0.15) is 5.82 Å². The summed E-state index contributed by atoms with van der Waals surface area (Å²) in [6.07, 6.45) is 2.97. The second-order valence-corrected chi connectivity index (χ2v) is 6.69. The predicted octanol–water partition coefficient (Wildman–Crippen LogP) is 3.90. The fraction of sp³-hybridized carbons (Fsp3) is 0.353. The highest BCUT2D eigenvalue weighted by molar-refractivity contribution is 14.0. The van der Waals surface area contributed by atoms with E-state index in [0.29, 0.717) is 24.5 Å². The highest BCUT2D eigenvalue weighted by atomic mass is 127. The summed E-state index contributed by atoms with van der Waals surface area (Å²) < 4.78 is 12.9. The number of rotatable bonds is 5. The molecule has 0 amide bonds. The molecule has 1 aromatic heterocycles. The zero-order valence-corrected chi connectivity index (χ0v) is 15.9. The predicted molar refractivity (Wildman–Crippen MR) is 105 cm³/mol. The Morgan fingerprint density at radius 3 is 2.65 bits per heavy atom. The van der Waals surface area contributed by atoms with E-state index in [9.17, 15) is 4.39 Å². The lowest BCUT2D eigenvalue weighted by atomic mass is 9.76. The van der Waals surface area contributed by atoms with Gasteiger partial charge in [-0.3, -0.25) is 4.99 Å².